The zero-order valence-corrected chi connectivity index (χ0v) is 8.89. The summed E-state index contributed by atoms with van der Waals surface area (Å²) in [5, 5.41) is 0. The van der Waals surface area contributed by atoms with Crippen LogP contribution in [0.5, 0.6) is 0 Å². The number of benzene rings is 1. The summed E-state index contributed by atoms with van der Waals surface area (Å²) in [7, 11) is 0. The van der Waals surface area contributed by atoms with Crippen LogP contribution in [-0.2, 0) is 6.54 Å². The highest BCUT2D eigenvalue weighted by Crippen LogP contribution is 2.20. The molecule has 1 fully saturated rings. The van der Waals surface area contributed by atoms with Gasteiger partial charge in [0.1, 0.15) is 0 Å². The predicted molar refractivity (Wildman–Crippen MR) is 61.3 cm³/mol. The summed E-state index contributed by atoms with van der Waals surface area (Å²) in [5.74, 6) is 0. The molecule has 1 aromatic carbocycles. The third-order valence-electron chi connectivity index (χ3n) is 3.03. The van der Waals surface area contributed by atoms with Crippen molar-refractivity contribution in [2.45, 2.75) is 25.4 Å². The molecule has 0 radical (unpaired) electrons. The molecule has 2 heteroatoms. The Morgan fingerprint density at radius 3 is 2.87 bits per heavy atom. The second kappa shape index (κ2) is 4.95. The van der Waals surface area contributed by atoms with Gasteiger partial charge in [-0.1, -0.05) is 30.3 Å². The van der Waals surface area contributed by atoms with E-state index in [0.29, 0.717) is 12.6 Å². The lowest BCUT2D eigenvalue weighted by molar-refractivity contribution is 0.257. The van der Waals surface area contributed by atoms with Gasteiger partial charge in [-0.15, -0.1) is 0 Å². The van der Waals surface area contributed by atoms with Gasteiger partial charge in [-0.3, -0.25) is 4.90 Å². The Morgan fingerprint density at radius 2 is 2.13 bits per heavy atom. The van der Waals surface area contributed by atoms with E-state index in [1.54, 1.807) is 0 Å². The smallest absolute Gasteiger partial charge is 0.230 e. The van der Waals surface area contributed by atoms with Gasteiger partial charge >= 0.3 is 0 Å². The highest BCUT2D eigenvalue weighted by Gasteiger charge is 2.26. The van der Waals surface area contributed by atoms with Crippen LogP contribution in [-0.4, -0.2) is 24.0 Å². The summed E-state index contributed by atoms with van der Waals surface area (Å²) in [6.07, 6.45) is 2.43. The molecule has 1 saturated heterocycles. The Hall–Kier alpha value is -1.33. The number of likely N-dealkylation sites (tertiary alicyclic amines) is 1. The molecule has 2 rings (SSSR count). The van der Waals surface area contributed by atoms with Crippen molar-refractivity contribution in [2.75, 3.05) is 13.1 Å². The van der Waals surface area contributed by atoms with Crippen LogP contribution in [0.4, 0.5) is 0 Å². The van der Waals surface area contributed by atoms with Crippen molar-refractivity contribution in [3.8, 4) is 0 Å². The van der Waals surface area contributed by atoms with Gasteiger partial charge in [0.15, 0.2) is 0 Å². The molecule has 0 N–H and O–H groups in total. The molecule has 1 aromatic rings. The molecule has 1 aliphatic heterocycles. The van der Waals surface area contributed by atoms with Gasteiger partial charge in [-0.05, 0) is 24.9 Å². The molecule has 1 atom stereocenters. The first kappa shape index (κ1) is 10.2. The fourth-order valence-electron chi connectivity index (χ4n) is 2.23. The molecule has 15 heavy (non-hydrogen) atoms. The molecule has 1 heterocycles. The van der Waals surface area contributed by atoms with Crippen molar-refractivity contribution in [3.63, 3.8) is 0 Å². The molecule has 0 bridgehead atoms. The average Bonchev–Trinajstić information content (AvgIpc) is 2.68. The van der Waals surface area contributed by atoms with E-state index in [1.165, 1.54) is 18.4 Å². The molecule has 0 spiro atoms. The lowest BCUT2D eigenvalue weighted by Crippen LogP contribution is -2.30. The first-order valence-corrected chi connectivity index (χ1v) is 5.51. The highest BCUT2D eigenvalue weighted by molar-refractivity contribution is 5.14. The van der Waals surface area contributed by atoms with E-state index < -0.39 is 0 Å². The summed E-state index contributed by atoms with van der Waals surface area (Å²) >= 11 is 0. The largest absolute Gasteiger partial charge is 0.315 e. The number of nitrogens with zero attached hydrogens (tertiary/aromatic N) is 2. The molecule has 2 nitrogen and oxygen atoms in total. The van der Waals surface area contributed by atoms with Crippen LogP contribution in [0.1, 0.15) is 18.4 Å². The third-order valence-corrected chi connectivity index (χ3v) is 3.03. The minimum absolute atomic E-state index is 0.489. The summed E-state index contributed by atoms with van der Waals surface area (Å²) < 4.78 is 0. The average molecular weight is 200 g/mol. The Bertz CT molecular complexity index is 339. The first-order valence-electron chi connectivity index (χ1n) is 5.51. The van der Waals surface area contributed by atoms with Crippen LogP contribution in [0.3, 0.4) is 0 Å². The zero-order chi connectivity index (χ0) is 10.5. The molecular formula is C13H16N2. The van der Waals surface area contributed by atoms with Gasteiger partial charge < -0.3 is 4.85 Å². The zero-order valence-electron chi connectivity index (χ0n) is 8.89. The molecule has 0 aromatic heterocycles. The maximum atomic E-state index is 6.94. The summed E-state index contributed by atoms with van der Waals surface area (Å²) in [4.78, 5) is 5.96. The molecule has 0 amide bonds. The summed E-state index contributed by atoms with van der Waals surface area (Å²) in [6, 6.07) is 11.0. The minimum Gasteiger partial charge on any atom is -0.315 e. The second-order valence-corrected chi connectivity index (χ2v) is 4.09. The fraction of sp³-hybridized carbons (Fsp3) is 0.462. The molecule has 0 aliphatic carbocycles. The van der Waals surface area contributed by atoms with Gasteiger partial charge in [0.2, 0.25) is 6.54 Å². The lowest BCUT2D eigenvalue weighted by Gasteiger charge is -2.20. The Morgan fingerprint density at radius 1 is 1.33 bits per heavy atom. The maximum Gasteiger partial charge on any atom is 0.230 e. The SMILES string of the molecule is [C-]#[N+]CC1CCCN1Cc1ccccc1. The second-order valence-electron chi connectivity index (χ2n) is 4.09. The van der Waals surface area contributed by atoms with E-state index in [2.05, 4.69) is 34.0 Å². The van der Waals surface area contributed by atoms with Gasteiger partial charge in [0, 0.05) is 6.54 Å². The molecule has 1 aliphatic rings. The van der Waals surface area contributed by atoms with Gasteiger partial charge in [-0.25, -0.2) is 6.57 Å². The monoisotopic (exact) mass is 200 g/mol. The van der Waals surface area contributed by atoms with Crippen molar-refractivity contribution in [1.82, 2.24) is 4.90 Å². The number of hydrogen-bond donors (Lipinski definition) is 0. The Kier molecular flexibility index (Phi) is 3.37. The molecule has 78 valence electrons. The number of hydrogen-bond acceptors (Lipinski definition) is 1. The van der Waals surface area contributed by atoms with E-state index in [9.17, 15) is 0 Å². The Balaban J connectivity index is 1.97. The van der Waals surface area contributed by atoms with Crippen LogP contribution in [0.15, 0.2) is 30.3 Å². The van der Waals surface area contributed by atoms with Crippen LogP contribution >= 0.6 is 0 Å². The van der Waals surface area contributed by atoms with Gasteiger partial charge in [0.05, 0.1) is 6.04 Å². The topological polar surface area (TPSA) is 7.60 Å². The van der Waals surface area contributed by atoms with Crippen LogP contribution in [0.2, 0.25) is 0 Å². The van der Waals surface area contributed by atoms with Crippen molar-refractivity contribution < 1.29 is 0 Å². The van der Waals surface area contributed by atoms with Crippen molar-refractivity contribution >= 4 is 0 Å². The maximum absolute atomic E-state index is 6.94. The highest BCUT2D eigenvalue weighted by atomic mass is 15.2. The minimum atomic E-state index is 0.489. The van der Waals surface area contributed by atoms with Crippen LogP contribution in [0, 0.1) is 6.57 Å². The van der Waals surface area contributed by atoms with Crippen molar-refractivity contribution in [3.05, 3.63) is 47.3 Å². The van der Waals surface area contributed by atoms with E-state index >= 15 is 0 Å². The van der Waals surface area contributed by atoms with Crippen LogP contribution < -0.4 is 0 Å². The van der Waals surface area contributed by atoms with E-state index in [1.807, 2.05) is 6.07 Å². The predicted octanol–water partition coefficient (Wildman–Crippen LogP) is 2.57. The Labute approximate surface area is 91.3 Å². The van der Waals surface area contributed by atoms with E-state index in [4.69, 9.17) is 6.57 Å². The van der Waals surface area contributed by atoms with Gasteiger partial charge in [0.25, 0.3) is 0 Å². The third kappa shape index (κ3) is 2.57. The van der Waals surface area contributed by atoms with Crippen molar-refractivity contribution in [1.29, 1.82) is 0 Å². The van der Waals surface area contributed by atoms with Crippen LogP contribution in [0.25, 0.3) is 4.85 Å². The molecule has 0 saturated carbocycles. The van der Waals surface area contributed by atoms with E-state index in [-0.39, 0.29) is 0 Å². The van der Waals surface area contributed by atoms with E-state index in [0.717, 1.165) is 13.1 Å². The first-order chi connectivity index (χ1) is 7.40. The number of rotatable bonds is 3. The van der Waals surface area contributed by atoms with Crippen molar-refractivity contribution in [2.24, 2.45) is 0 Å². The molecular weight excluding hydrogens is 184 g/mol. The fourth-order valence-corrected chi connectivity index (χ4v) is 2.23. The summed E-state index contributed by atoms with van der Waals surface area (Å²) in [5.41, 5.74) is 1.36. The lowest BCUT2D eigenvalue weighted by atomic mass is 10.2. The quantitative estimate of drug-likeness (QED) is 0.680. The summed E-state index contributed by atoms with van der Waals surface area (Å²) in [6.45, 7) is 9.74. The van der Waals surface area contributed by atoms with Gasteiger partial charge in [-0.2, -0.15) is 0 Å². The normalized spacial score (nSPS) is 21.4. The standard InChI is InChI=1S/C13H16N2/c1-14-10-13-8-5-9-15(13)11-12-6-3-2-4-7-12/h2-4,6-7,13H,5,8-11H2. The molecule has 1 unspecified atom stereocenters.